The van der Waals surface area contributed by atoms with Gasteiger partial charge in [0, 0.05) is 5.56 Å². The highest BCUT2D eigenvalue weighted by molar-refractivity contribution is 9.10. The van der Waals surface area contributed by atoms with Crippen LogP contribution in [0.4, 0.5) is 0 Å². The third-order valence-corrected chi connectivity index (χ3v) is 4.95. The van der Waals surface area contributed by atoms with E-state index in [9.17, 15) is 4.79 Å². The number of aryl methyl sites for hydroxylation is 1. The zero-order valence-electron chi connectivity index (χ0n) is 10.8. The quantitative estimate of drug-likeness (QED) is 0.756. The first kappa shape index (κ1) is 12.6. The van der Waals surface area contributed by atoms with E-state index in [1.165, 1.54) is 5.56 Å². The molecule has 0 spiro atoms. The smallest absolute Gasteiger partial charge is 0.184 e. The summed E-state index contributed by atoms with van der Waals surface area (Å²) in [4.78, 5) is 12.7. The lowest BCUT2D eigenvalue weighted by atomic mass is 9.93. The van der Waals surface area contributed by atoms with Crippen LogP contribution in [0.15, 0.2) is 48.5 Å². The molecule has 0 heterocycles. The summed E-state index contributed by atoms with van der Waals surface area (Å²) in [6.45, 7) is 2.13. The van der Waals surface area contributed by atoms with E-state index in [-0.39, 0.29) is 5.78 Å². The van der Waals surface area contributed by atoms with E-state index in [4.69, 9.17) is 0 Å². The summed E-state index contributed by atoms with van der Waals surface area (Å²) >= 11 is 3.71. The minimum Gasteiger partial charge on any atom is -0.292 e. The van der Waals surface area contributed by atoms with Crippen LogP contribution in [-0.2, 0) is 17.2 Å². The summed E-state index contributed by atoms with van der Waals surface area (Å²) < 4.78 is -0.581. The lowest BCUT2D eigenvalue weighted by Gasteiger charge is -2.21. The summed E-state index contributed by atoms with van der Waals surface area (Å²) in [5.41, 5.74) is 4.31. The number of carbonyl (C=O) groups excluding carboxylic acids is 1. The van der Waals surface area contributed by atoms with Gasteiger partial charge in [-0.3, -0.25) is 4.79 Å². The number of fused-ring (bicyclic) bond motifs is 1. The molecule has 0 N–H and O–H groups in total. The average molecular weight is 315 g/mol. The predicted octanol–water partition coefficient (Wildman–Crippen LogP) is 4.28. The molecule has 19 heavy (non-hydrogen) atoms. The van der Waals surface area contributed by atoms with Crippen LogP contribution < -0.4 is 0 Å². The number of hydrogen-bond acceptors (Lipinski definition) is 1. The predicted molar refractivity (Wildman–Crippen MR) is 80.9 cm³/mol. The second-order valence-corrected chi connectivity index (χ2v) is 6.37. The first-order chi connectivity index (χ1) is 9.15. The largest absolute Gasteiger partial charge is 0.292 e. The molecule has 2 heteroatoms. The van der Waals surface area contributed by atoms with Gasteiger partial charge in [0.1, 0.15) is 4.32 Å². The van der Waals surface area contributed by atoms with Gasteiger partial charge in [0.05, 0.1) is 0 Å². The topological polar surface area (TPSA) is 17.1 Å². The normalized spacial score (nSPS) is 21.5. The number of halogens is 1. The molecule has 1 nitrogen and oxygen atoms in total. The van der Waals surface area contributed by atoms with E-state index in [1.54, 1.807) is 0 Å². The SMILES string of the molecule is CCc1cccc(C2(Br)Cc3ccccc3C2=O)c1. The van der Waals surface area contributed by atoms with Gasteiger partial charge < -0.3 is 0 Å². The van der Waals surface area contributed by atoms with Crippen molar-refractivity contribution in [2.45, 2.75) is 24.1 Å². The maximum Gasteiger partial charge on any atom is 0.184 e. The van der Waals surface area contributed by atoms with Gasteiger partial charge in [-0.05, 0) is 29.5 Å². The molecule has 1 aliphatic carbocycles. The summed E-state index contributed by atoms with van der Waals surface area (Å²) in [5, 5.41) is 0. The highest BCUT2D eigenvalue weighted by Gasteiger charge is 2.44. The van der Waals surface area contributed by atoms with Crippen LogP contribution in [0, 0.1) is 0 Å². The van der Waals surface area contributed by atoms with Crippen LogP contribution >= 0.6 is 15.9 Å². The second kappa shape index (κ2) is 4.61. The number of hydrogen-bond donors (Lipinski definition) is 0. The molecule has 0 saturated carbocycles. The Balaban J connectivity index is 2.08. The minimum absolute atomic E-state index is 0.177. The third-order valence-electron chi connectivity index (χ3n) is 3.85. The number of ketones is 1. The van der Waals surface area contributed by atoms with Gasteiger partial charge in [0.2, 0.25) is 0 Å². The molecular weight excluding hydrogens is 300 g/mol. The highest BCUT2D eigenvalue weighted by Crippen LogP contribution is 2.44. The number of Topliss-reactive ketones (excluding diaryl/α,β-unsaturated/α-hetero) is 1. The lowest BCUT2D eigenvalue weighted by Crippen LogP contribution is -2.25. The van der Waals surface area contributed by atoms with Crippen molar-refractivity contribution < 1.29 is 4.79 Å². The Labute approximate surface area is 121 Å². The van der Waals surface area contributed by atoms with Gasteiger partial charge in [-0.25, -0.2) is 0 Å². The Bertz CT molecular complexity index is 647. The molecule has 2 aromatic carbocycles. The number of benzene rings is 2. The van der Waals surface area contributed by atoms with Gasteiger partial charge in [-0.15, -0.1) is 0 Å². The number of alkyl halides is 1. The zero-order chi connectivity index (χ0) is 13.5. The first-order valence-electron chi connectivity index (χ1n) is 6.56. The van der Waals surface area contributed by atoms with Gasteiger partial charge in [0.25, 0.3) is 0 Å². The molecule has 2 aromatic rings. The second-order valence-electron chi connectivity index (χ2n) is 5.02. The van der Waals surface area contributed by atoms with Gasteiger partial charge in [0.15, 0.2) is 5.78 Å². The fourth-order valence-corrected chi connectivity index (χ4v) is 3.49. The summed E-state index contributed by atoms with van der Waals surface area (Å²) in [7, 11) is 0. The van der Waals surface area contributed by atoms with E-state index in [0.717, 1.165) is 29.5 Å². The van der Waals surface area contributed by atoms with Crippen LogP contribution in [-0.4, -0.2) is 5.78 Å². The molecule has 0 amide bonds. The molecule has 0 bridgehead atoms. The van der Waals surface area contributed by atoms with E-state index < -0.39 is 4.32 Å². The molecule has 0 aliphatic heterocycles. The van der Waals surface area contributed by atoms with Crippen LogP contribution in [0.5, 0.6) is 0 Å². The molecule has 3 rings (SSSR count). The molecule has 0 saturated heterocycles. The highest BCUT2D eigenvalue weighted by atomic mass is 79.9. The van der Waals surface area contributed by atoms with Crippen LogP contribution in [0.2, 0.25) is 0 Å². The van der Waals surface area contributed by atoms with Crippen molar-refractivity contribution in [3.05, 3.63) is 70.8 Å². The third kappa shape index (κ3) is 1.95. The van der Waals surface area contributed by atoms with Crippen molar-refractivity contribution in [3.8, 4) is 0 Å². The first-order valence-corrected chi connectivity index (χ1v) is 7.35. The minimum atomic E-state index is -0.581. The van der Waals surface area contributed by atoms with E-state index in [1.807, 2.05) is 36.4 Å². The summed E-state index contributed by atoms with van der Waals surface area (Å²) in [6, 6.07) is 16.2. The molecule has 0 fully saturated rings. The Morgan fingerprint density at radius 1 is 1.16 bits per heavy atom. The standard InChI is InChI=1S/C17H15BrO/c1-2-12-6-5-8-14(10-12)17(18)11-13-7-3-4-9-15(13)16(17)19/h3-10H,2,11H2,1H3. The Morgan fingerprint density at radius 2 is 1.95 bits per heavy atom. The van der Waals surface area contributed by atoms with E-state index in [2.05, 4.69) is 35.0 Å². The van der Waals surface area contributed by atoms with Crippen molar-refractivity contribution in [1.82, 2.24) is 0 Å². The fourth-order valence-electron chi connectivity index (χ4n) is 2.72. The number of carbonyl (C=O) groups is 1. The lowest BCUT2D eigenvalue weighted by molar-refractivity contribution is 0.0960. The van der Waals surface area contributed by atoms with E-state index in [0.29, 0.717) is 0 Å². The molecule has 0 radical (unpaired) electrons. The van der Waals surface area contributed by atoms with E-state index >= 15 is 0 Å². The van der Waals surface area contributed by atoms with Gasteiger partial charge >= 0.3 is 0 Å². The maximum absolute atomic E-state index is 12.7. The molecule has 0 aromatic heterocycles. The molecule has 1 unspecified atom stereocenters. The Morgan fingerprint density at radius 3 is 2.68 bits per heavy atom. The summed E-state index contributed by atoms with van der Waals surface area (Å²) in [5.74, 6) is 0.177. The van der Waals surface area contributed by atoms with Crippen molar-refractivity contribution in [2.24, 2.45) is 0 Å². The molecule has 96 valence electrons. The monoisotopic (exact) mass is 314 g/mol. The maximum atomic E-state index is 12.7. The Hall–Kier alpha value is -1.41. The van der Waals surface area contributed by atoms with Gasteiger partial charge in [-0.2, -0.15) is 0 Å². The van der Waals surface area contributed by atoms with Crippen molar-refractivity contribution in [1.29, 1.82) is 0 Å². The fraction of sp³-hybridized carbons (Fsp3) is 0.235. The summed E-state index contributed by atoms with van der Waals surface area (Å²) in [6.07, 6.45) is 1.72. The van der Waals surface area contributed by atoms with Crippen molar-refractivity contribution in [3.63, 3.8) is 0 Å². The van der Waals surface area contributed by atoms with Crippen LogP contribution in [0.3, 0.4) is 0 Å². The zero-order valence-corrected chi connectivity index (χ0v) is 12.4. The molecular formula is C17H15BrO. The van der Waals surface area contributed by atoms with Gasteiger partial charge in [-0.1, -0.05) is 71.4 Å². The van der Waals surface area contributed by atoms with Crippen molar-refractivity contribution >= 4 is 21.7 Å². The number of rotatable bonds is 2. The van der Waals surface area contributed by atoms with Crippen molar-refractivity contribution in [2.75, 3.05) is 0 Å². The average Bonchev–Trinajstić information content (AvgIpc) is 2.72. The van der Waals surface area contributed by atoms with Crippen LogP contribution in [0.1, 0.15) is 34.0 Å². The van der Waals surface area contributed by atoms with Crippen LogP contribution in [0.25, 0.3) is 0 Å². The molecule has 1 aliphatic rings. The Kier molecular flexibility index (Phi) is 3.06. The molecule has 1 atom stereocenters.